The zero-order valence-corrected chi connectivity index (χ0v) is 18.3. The van der Waals surface area contributed by atoms with Crippen molar-refractivity contribution in [1.29, 1.82) is 0 Å². The predicted molar refractivity (Wildman–Crippen MR) is 115 cm³/mol. The predicted octanol–water partition coefficient (Wildman–Crippen LogP) is 3.51. The summed E-state index contributed by atoms with van der Waals surface area (Å²) in [6.45, 7) is 4.06. The molecule has 2 aliphatic rings. The topological polar surface area (TPSA) is 53.1 Å². The minimum Gasteiger partial charge on any atom is -0.495 e. The van der Waals surface area contributed by atoms with Crippen LogP contribution in [-0.2, 0) is 16.1 Å². The number of imide groups is 1. The average molecular weight is 454 g/mol. The molecule has 1 unspecified atom stereocenters. The van der Waals surface area contributed by atoms with Crippen LogP contribution in [0.25, 0.3) is 0 Å². The number of ether oxygens (including phenoxy) is 1. The van der Waals surface area contributed by atoms with Crippen molar-refractivity contribution in [2.45, 2.75) is 19.0 Å². The third kappa shape index (κ3) is 4.29. The molecule has 2 amide bonds. The number of hydrogen-bond donors (Lipinski definition) is 0. The van der Waals surface area contributed by atoms with Gasteiger partial charge in [0.25, 0.3) is 5.91 Å². The Bertz CT molecular complexity index is 927. The Morgan fingerprint density at radius 3 is 2.48 bits per heavy atom. The second kappa shape index (κ2) is 8.62. The summed E-state index contributed by atoms with van der Waals surface area (Å²) in [4.78, 5) is 32.6. The van der Waals surface area contributed by atoms with Gasteiger partial charge in [-0.3, -0.25) is 19.4 Å². The summed E-state index contributed by atoms with van der Waals surface area (Å²) in [7, 11) is 1.52. The van der Waals surface area contributed by atoms with Crippen molar-refractivity contribution >= 4 is 52.0 Å². The highest BCUT2D eigenvalue weighted by molar-refractivity contribution is 7.16. The molecule has 1 atom stereocenters. The van der Waals surface area contributed by atoms with E-state index < -0.39 is 6.04 Å². The van der Waals surface area contributed by atoms with E-state index in [1.807, 2.05) is 6.07 Å². The molecule has 154 valence electrons. The molecule has 0 aliphatic carbocycles. The van der Waals surface area contributed by atoms with Gasteiger partial charge in [0.05, 0.1) is 34.6 Å². The molecule has 2 aliphatic heterocycles. The van der Waals surface area contributed by atoms with Crippen LogP contribution in [0.2, 0.25) is 9.36 Å². The van der Waals surface area contributed by atoms with Crippen LogP contribution in [0.15, 0.2) is 30.3 Å². The number of halogens is 2. The van der Waals surface area contributed by atoms with Crippen LogP contribution in [0.4, 0.5) is 5.69 Å². The van der Waals surface area contributed by atoms with Crippen molar-refractivity contribution in [3.63, 3.8) is 0 Å². The highest BCUT2D eigenvalue weighted by Crippen LogP contribution is 2.33. The molecular formula is C20H21Cl2N3O3S. The third-order valence-electron chi connectivity index (χ3n) is 5.37. The Kier molecular flexibility index (Phi) is 6.13. The van der Waals surface area contributed by atoms with E-state index in [4.69, 9.17) is 27.9 Å². The fraction of sp³-hybridized carbons (Fsp3) is 0.400. The van der Waals surface area contributed by atoms with Crippen molar-refractivity contribution in [3.8, 4) is 5.75 Å². The Labute approximate surface area is 183 Å². The van der Waals surface area contributed by atoms with Gasteiger partial charge in [-0.25, -0.2) is 4.90 Å². The number of carbonyl (C=O) groups is 2. The minimum atomic E-state index is -0.415. The fourth-order valence-corrected chi connectivity index (χ4v) is 5.24. The van der Waals surface area contributed by atoms with Gasteiger partial charge in [-0.15, -0.1) is 11.3 Å². The monoisotopic (exact) mass is 453 g/mol. The highest BCUT2D eigenvalue weighted by Gasteiger charge is 2.43. The number of nitrogens with zero attached hydrogens (tertiary/aromatic N) is 3. The molecule has 29 heavy (non-hydrogen) atoms. The molecule has 0 radical (unpaired) electrons. The zero-order chi connectivity index (χ0) is 20.5. The standard InChI is InChI=1S/C20H21Cl2N3O3S/c1-28-17-4-2-13(10-15(17)21)25-19(26)11-16(20(25)27)24-8-6-23(7-9-24)12-14-3-5-18(22)29-14/h2-5,10,16H,6-9,11-12H2,1H3. The van der Waals surface area contributed by atoms with Crippen molar-refractivity contribution in [1.82, 2.24) is 9.80 Å². The first-order chi connectivity index (χ1) is 14.0. The number of hydrogen-bond acceptors (Lipinski definition) is 6. The lowest BCUT2D eigenvalue weighted by Gasteiger charge is -2.36. The molecular weight excluding hydrogens is 433 g/mol. The molecule has 0 spiro atoms. The van der Waals surface area contributed by atoms with Gasteiger partial charge in [-0.05, 0) is 30.3 Å². The van der Waals surface area contributed by atoms with Gasteiger partial charge in [-0.2, -0.15) is 0 Å². The van der Waals surface area contributed by atoms with Gasteiger partial charge in [0.1, 0.15) is 5.75 Å². The summed E-state index contributed by atoms with van der Waals surface area (Å²) in [5, 5.41) is 0.372. The Hall–Kier alpha value is -1.64. The smallest absolute Gasteiger partial charge is 0.251 e. The quantitative estimate of drug-likeness (QED) is 0.648. The van der Waals surface area contributed by atoms with Crippen molar-refractivity contribution in [2.75, 3.05) is 38.2 Å². The largest absolute Gasteiger partial charge is 0.495 e. The number of carbonyl (C=O) groups excluding carboxylic acids is 2. The van der Waals surface area contributed by atoms with E-state index in [-0.39, 0.29) is 18.2 Å². The van der Waals surface area contributed by atoms with Crippen molar-refractivity contribution in [3.05, 3.63) is 44.6 Å². The minimum absolute atomic E-state index is 0.185. The lowest BCUT2D eigenvalue weighted by Crippen LogP contribution is -2.52. The van der Waals surface area contributed by atoms with Gasteiger partial charge < -0.3 is 4.74 Å². The van der Waals surface area contributed by atoms with Crippen LogP contribution in [0.3, 0.4) is 0 Å². The van der Waals surface area contributed by atoms with Gasteiger partial charge in [0.15, 0.2) is 0 Å². The Balaban J connectivity index is 1.39. The van der Waals surface area contributed by atoms with E-state index in [2.05, 4.69) is 15.9 Å². The Morgan fingerprint density at radius 1 is 1.10 bits per heavy atom. The first kappa shape index (κ1) is 20.6. The molecule has 0 bridgehead atoms. The van der Waals surface area contributed by atoms with E-state index in [9.17, 15) is 9.59 Å². The summed E-state index contributed by atoms with van der Waals surface area (Å²) >= 11 is 13.8. The number of thiophene rings is 1. The second-order valence-electron chi connectivity index (χ2n) is 7.12. The van der Waals surface area contributed by atoms with Crippen LogP contribution < -0.4 is 9.64 Å². The summed E-state index contributed by atoms with van der Waals surface area (Å²) in [5.41, 5.74) is 0.488. The normalized spacial score (nSPS) is 21.2. The van der Waals surface area contributed by atoms with Gasteiger partial charge in [0, 0.05) is 37.6 Å². The van der Waals surface area contributed by atoms with E-state index in [1.165, 1.54) is 16.9 Å². The van der Waals surface area contributed by atoms with Crippen molar-refractivity contribution in [2.24, 2.45) is 0 Å². The zero-order valence-electron chi connectivity index (χ0n) is 15.9. The maximum Gasteiger partial charge on any atom is 0.251 e. The SMILES string of the molecule is COc1ccc(N2C(=O)CC(N3CCN(Cc4ccc(Cl)s4)CC3)C2=O)cc1Cl. The fourth-order valence-electron chi connectivity index (χ4n) is 3.86. The van der Waals surface area contributed by atoms with Gasteiger partial charge in [-0.1, -0.05) is 23.2 Å². The molecule has 2 saturated heterocycles. The van der Waals surface area contributed by atoms with E-state index in [0.717, 1.165) is 37.1 Å². The summed E-state index contributed by atoms with van der Waals surface area (Å²) in [5.74, 6) is 0.126. The van der Waals surface area contributed by atoms with Crippen LogP contribution >= 0.6 is 34.5 Å². The number of anilines is 1. The first-order valence-electron chi connectivity index (χ1n) is 9.37. The molecule has 9 heteroatoms. The van der Waals surface area contributed by atoms with Crippen LogP contribution in [-0.4, -0.2) is 60.9 Å². The maximum atomic E-state index is 13.0. The number of piperazine rings is 1. The van der Waals surface area contributed by atoms with E-state index in [1.54, 1.807) is 29.5 Å². The molecule has 6 nitrogen and oxygen atoms in total. The number of amides is 2. The number of benzene rings is 1. The van der Waals surface area contributed by atoms with Gasteiger partial charge >= 0.3 is 0 Å². The third-order valence-corrected chi connectivity index (χ3v) is 6.88. The molecule has 3 heterocycles. The highest BCUT2D eigenvalue weighted by atomic mass is 35.5. The summed E-state index contributed by atoms with van der Waals surface area (Å²) in [6.07, 6.45) is 0.197. The van der Waals surface area contributed by atoms with Crippen molar-refractivity contribution < 1.29 is 14.3 Å². The average Bonchev–Trinajstić information content (AvgIpc) is 3.24. The number of methoxy groups -OCH3 is 1. The van der Waals surface area contributed by atoms with Crippen LogP contribution in [0.1, 0.15) is 11.3 Å². The molecule has 2 fully saturated rings. The molecule has 2 aromatic rings. The molecule has 4 rings (SSSR count). The number of rotatable bonds is 5. The lowest BCUT2D eigenvalue weighted by molar-refractivity contribution is -0.123. The molecule has 1 aromatic carbocycles. The molecule has 0 saturated carbocycles. The maximum absolute atomic E-state index is 13.0. The molecule has 0 N–H and O–H groups in total. The van der Waals surface area contributed by atoms with Gasteiger partial charge in [0.2, 0.25) is 5.91 Å². The summed E-state index contributed by atoms with van der Waals surface area (Å²) in [6, 6.07) is 8.51. The lowest BCUT2D eigenvalue weighted by atomic mass is 10.1. The van der Waals surface area contributed by atoms with Crippen LogP contribution in [0.5, 0.6) is 5.75 Å². The molecule has 1 aromatic heterocycles. The Morgan fingerprint density at radius 2 is 1.86 bits per heavy atom. The van der Waals surface area contributed by atoms with E-state index >= 15 is 0 Å². The van der Waals surface area contributed by atoms with Crippen LogP contribution in [0, 0.1) is 0 Å². The second-order valence-corrected chi connectivity index (χ2v) is 9.33. The first-order valence-corrected chi connectivity index (χ1v) is 10.9. The van der Waals surface area contributed by atoms with E-state index in [0.29, 0.717) is 16.5 Å². The summed E-state index contributed by atoms with van der Waals surface area (Å²) < 4.78 is 5.95.